The van der Waals surface area contributed by atoms with Crippen LogP contribution in [-0.2, 0) is 4.79 Å². The summed E-state index contributed by atoms with van der Waals surface area (Å²) in [6.07, 6.45) is -8.85. The van der Waals surface area contributed by atoms with Crippen LogP contribution < -0.4 is 0 Å². The molecule has 1 unspecified atom stereocenters. The number of aliphatic hydroxyl groups excluding tert-OH is 5. The molecule has 1 saturated carbocycles. The Morgan fingerprint density at radius 2 is 1.08 bits per heavy atom. The Hall–Kier alpha value is -0.530. The summed E-state index contributed by atoms with van der Waals surface area (Å²) in [7, 11) is 0. The zero-order valence-corrected chi connectivity index (χ0v) is 6.03. The van der Waals surface area contributed by atoms with Crippen molar-refractivity contribution in [1.29, 1.82) is 0 Å². The smallest absolute Gasteiger partial charge is 0.195 e. The number of carbonyl (C=O) groups is 1. The maximum Gasteiger partial charge on any atom is 0.195 e. The molecule has 1 aliphatic rings. The first kappa shape index (κ1) is 9.56. The van der Waals surface area contributed by atoms with E-state index in [0.29, 0.717) is 0 Å². The molecule has 6 heteroatoms. The fourth-order valence-corrected chi connectivity index (χ4v) is 1.09. The first-order chi connectivity index (χ1) is 5.46. The molecule has 0 spiro atoms. The summed E-state index contributed by atoms with van der Waals surface area (Å²) in [4.78, 5) is 10.8. The highest BCUT2D eigenvalue weighted by Gasteiger charge is 2.47. The first-order valence-corrected chi connectivity index (χ1v) is 3.41. The summed E-state index contributed by atoms with van der Waals surface area (Å²) in [5.74, 6) is -1.08. The fourth-order valence-electron chi connectivity index (χ4n) is 1.09. The van der Waals surface area contributed by atoms with Gasteiger partial charge in [0.15, 0.2) is 5.78 Å². The van der Waals surface area contributed by atoms with Crippen LogP contribution in [0.2, 0.25) is 0 Å². The van der Waals surface area contributed by atoms with Gasteiger partial charge in [0.2, 0.25) is 0 Å². The van der Waals surface area contributed by atoms with Crippen LogP contribution in [0.5, 0.6) is 0 Å². The fraction of sp³-hybridized carbons (Fsp3) is 0.833. The lowest BCUT2D eigenvalue weighted by Crippen LogP contribution is -2.61. The molecule has 0 aromatic carbocycles. The summed E-state index contributed by atoms with van der Waals surface area (Å²) in [5, 5.41) is 44.5. The van der Waals surface area contributed by atoms with Crippen molar-refractivity contribution in [2.45, 2.75) is 30.5 Å². The Morgan fingerprint density at radius 3 is 1.42 bits per heavy atom. The first-order valence-electron chi connectivity index (χ1n) is 3.41. The van der Waals surface area contributed by atoms with E-state index in [-0.39, 0.29) is 0 Å². The van der Waals surface area contributed by atoms with E-state index in [9.17, 15) is 4.79 Å². The highest BCUT2D eigenvalue weighted by Crippen LogP contribution is 2.17. The average molecular weight is 178 g/mol. The number of hydrogen-bond donors (Lipinski definition) is 5. The van der Waals surface area contributed by atoms with Gasteiger partial charge in [-0.3, -0.25) is 4.79 Å². The highest BCUT2D eigenvalue weighted by atomic mass is 16.4. The number of carbonyl (C=O) groups excluding carboxylic acids is 1. The van der Waals surface area contributed by atoms with Crippen molar-refractivity contribution in [2.24, 2.45) is 0 Å². The molecule has 6 nitrogen and oxygen atoms in total. The van der Waals surface area contributed by atoms with Gasteiger partial charge in [0.05, 0.1) is 0 Å². The predicted octanol–water partition coefficient (Wildman–Crippen LogP) is -3.63. The topological polar surface area (TPSA) is 118 Å². The Bertz CT molecular complexity index is 174. The molecule has 0 amide bonds. The summed E-state index contributed by atoms with van der Waals surface area (Å²) < 4.78 is 0. The minimum absolute atomic E-state index is 1.08. The lowest BCUT2D eigenvalue weighted by molar-refractivity contribution is -0.185. The van der Waals surface area contributed by atoms with Gasteiger partial charge in [-0.2, -0.15) is 0 Å². The van der Waals surface area contributed by atoms with Crippen LogP contribution in [0.4, 0.5) is 0 Å². The number of rotatable bonds is 0. The van der Waals surface area contributed by atoms with Gasteiger partial charge in [0, 0.05) is 0 Å². The largest absolute Gasteiger partial charge is 0.387 e. The van der Waals surface area contributed by atoms with Crippen LogP contribution in [0.15, 0.2) is 0 Å². The van der Waals surface area contributed by atoms with Crippen molar-refractivity contribution >= 4 is 5.78 Å². The van der Waals surface area contributed by atoms with Crippen LogP contribution in [0.25, 0.3) is 0 Å². The number of hydrogen-bond acceptors (Lipinski definition) is 6. The van der Waals surface area contributed by atoms with Gasteiger partial charge in [0.1, 0.15) is 30.5 Å². The molecule has 70 valence electrons. The maximum absolute atomic E-state index is 10.8. The van der Waals surface area contributed by atoms with E-state index in [2.05, 4.69) is 0 Å². The molecule has 0 radical (unpaired) electrons. The minimum atomic E-state index is -1.83. The molecule has 1 rings (SSSR count). The van der Waals surface area contributed by atoms with Gasteiger partial charge >= 0.3 is 0 Å². The van der Waals surface area contributed by atoms with Gasteiger partial charge in [0.25, 0.3) is 0 Å². The molecule has 0 bridgehead atoms. The Labute approximate surface area is 67.7 Å². The molecular weight excluding hydrogens is 168 g/mol. The molecule has 0 aromatic rings. The summed E-state index contributed by atoms with van der Waals surface area (Å²) in [5.41, 5.74) is 0. The molecular formula is C6H10O6. The van der Waals surface area contributed by atoms with Crippen LogP contribution in [-0.4, -0.2) is 61.8 Å². The molecule has 0 saturated heterocycles. The monoisotopic (exact) mass is 178 g/mol. The lowest BCUT2D eigenvalue weighted by atomic mass is 9.86. The van der Waals surface area contributed by atoms with Crippen LogP contribution >= 0.6 is 0 Å². The standard InChI is InChI=1S/C6H10O6/c7-1-2(8)4(10)6(12)5(11)3(1)9/h1-5,7-11H/t1?,2-,3-,4-,5+/m0/s1. The molecule has 1 fully saturated rings. The predicted molar refractivity (Wildman–Crippen MR) is 35.0 cm³/mol. The summed E-state index contributed by atoms with van der Waals surface area (Å²) in [6, 6.07) is 0. The zero-order chi connectivity index (χ0) is 9.46. The second-order valence-electron chi connectivity index (χ2n) is 2.76. The molecule has 5 N–H and O–H groups in total. The van der Waals surface area contributed by atoms with Gasteiger partial charge in [-0.15, -0.1) is 0 Å². The van der Waals surface area contributed by atoms with Crippen molar-refractivity contribution in [2.75, 3.05) is 0 Å². The average Bonchev–Trinajstić information content (AvgIpc) is 2.08. The third kappa shape index (κ3) is 1.23. The second-order valence-corrected chi connectivity index (χ2v) is 2.76. The van der Waals surface area contributed by atoms with Crippen LogP contribution in [0.1, 0.15) is 0 Å². The Balaban J connectivity index is 2.83. The molecule has 0 aliphatic heterocycles. The highest BCUT2D eigenvalue weighted by molar-refractivity contribution is 5.89. The number of aliphatic hydroxyl groups is 5. The third-order valence-electron chi connectivity index (χ3n) is 1.93. The van der Waals surface area contributed by atoms with Gasteiger partial charge in [-0.25, -0.2) is 0 Å². The third-order valence-corrected chi connectivity index (χ3v) is 1.93. The van der Waals surface area contributed by atoms with Gasteiger partial charge in [-0.05, 0) is 0 Å². The maximum atomic E-state index is 10.8. The summed E-state index contributed by atoms with van der Waals surface area (Å²) in [6.45, 7) is 0. The van der Waals surface area contributed by atoms with Crippen molar-refractivity contribution < 1.29 is 30.3 Å². The van der Waals surface area contributed by atoms with Crippen molar-refractivity contribution in [3.05, 3.63) is 0 Å². The minimum Gasteiger partial charge on any atom is -0.387 e. The van der Waals surface area contributed by atoms with Crippen LogP contribution in [0.3, 0.4) is 0 Å². The molecule has 0 heterocycles. The SMILES string of the molecule is O=C1[C@@H](O)[C@@H](O)C(O)[C@H](O)[C@H]1O. The van der Waals surface area contributed by atoms with E-state index in [1.807, 2.05) is 0 Å². The Kier molecular flexibility index (Phi) is 2.45. The van der Waals surface area contributed by atoms with Crippen molar-refractivity contribution in [3.63, 3.8) is 0 Å². The van der Waals surface area contributed by atoms with E-state index in [1.54, 1.807) is 0 Å². The van der Waals surface area contributed by atoms with Gasteiger partial charge in [-0.1, -0.05) is 0 Å². The number of ketones is 1. The quantitative estimate of drug-likeness (QED) is 0.261. The Morgan fingerprint density at radius 1 is 0.750 bits per heavy atom. The van der Waals surface area contributed by atoms with E-state index < -0.39 is 36.3 Å². The molecule has 12 heavy (non-hydrogen) atoms. The van der Waals surface area contributed by atoms with E-state index in [1.165, 1.54) is 0 Å². The molecule has 1 aliphatic carbocycles. The van der Waals surface area contributed by atoms with Crippen molar-refractivity contribution in [1.82, 2.24) is 0 Å². The lowest BCUT2D eigenvalue weighted by Gasteiger charge is -2.34. The molecule has 0 aromatic heterocycles. The van der Waals surface area contributed by atoms with E-state index in [4.69, 9.17) is 25.5 Å². The zero-order valence-electron chi connectivity index (χ0n) is 6.03. The van der Waals surface area contributed by atoms with Crippen molar-refractivity contribution in [3.8, 4) is 0 Å². The van der Waals surface area contributed by atoms with E-state index in [0.717, 1.165) is 0 Å². The normalized spacial score (nSPS) is 49.4. The second kappa shape index (κ2) is 3.08. The number of Topliss-reactive ketones (excluding diaryl/α,β-unsaturated/α-hetero) is 1. The summed E-state index contributed by atoms with van der Waals surface area (Å²) >= 11 is 0. The van der Waals surface area contributed by atoms with E-state index >= 15 is 0 Å². The van der Waals surface area contributed by atoms with Gasteiger partial charge < -0.3 is 25.5 Å². The molecule has 5 atom stereocenters. The van der Waals surface area contributed by atoms with Crippen LogP contribution in [0, 0.1) is 0 Å².